The van der Waals surface area contributed by atoms with Crippen molar-refractivity contribution in [2.75, 3.05) is 0 Å². The minimum Gasteiger partial charge on any atom is -0.366 e. The third-order valence-corrected chi connectivity index (χ3v) is 2.92. The Labute approximate surface area is 42.7 Å². The molecule has 3 aliphatic rings. The molecule has 0 radical (unpaired) electrons. The highest BCUT2D eigenvalue weighted by Crippen LogP contribution is 2.68. The van der Waals surface area contributed by atoms with Crippen molar-refractivity contribution >= 4 is 0 Å². The van der Waals surface area contributed by atoms with E-state index in [-0.39, 0.29) is 0 Å². The van der Waals surface area contributed by atoms with E-state index in [1.165, 1.54) is 19.3 Å². The summed E-state index contributed by atoms with van der Waals surface area (Å²) in [6.45, 7) is 0. The van der Waals surface area contributed by atoms with E-state index in [4.69, 9.17) is 4.74 Å². The average molecular weight is 96.1 g/mol. The molecule has 1 aliphatic heterocycles. The molecule has 3 rings (SSSR count). The standard InChI is InChI=1S/C6H8O/c1-2-6-4(1)3-5(6)7-6/h4-5H,1-3H2. The average Bonchev–Trinajstić information content (AvgIpc) is 2.32. The van der Waals surface area contributed by atoms with E-state index < -0.39 is 0 Å². The second-order valence-corrected chi connectivity index (χ2v) is 3.03. The van der Waals surface area contributed by atoms with Gasteiger partial charge >= 0.3 is 0 Å². The number of ether oxygens (including phenoxy) is 1. The van der Waals surface area contributed by atoms with E-state index in [0.717, 1.165) is 12.0 Å². The van der Waals surface area contributed by atoms with Crippen molar-refractivity contribution in [1.29, 1.82) is 0 Å². The zero-order valence-corrected chi connectivity index (χ0v) is 4.18. The highest BCUT2D eigenvalue weighted by Gasteiger charge is 2.74. The van der Waals surface area contributed by atoms with Gasteiger partial charge in [0.05, 0.1) is 11.7 Å². The molecule has 3 fully saturated rings. The third-order valence-electron chi connectivity index (χ3n) is 2.92. The minimum absolute atomic E-state index is 0.528. The fourth-order valence-corrected chi connectivity index (χ4v) is 2.11. The van der Waals surface area contributed by atoms with Crippen LogP contribution in [0.15, 0.2) is 0 Å². The lowest BCUT2D eigenvalue weighted by atomic mass is 9.59. The molecule has 38 valence electrons. The van der Waals surface area contributed by atoms with Crippen LogP contribution in [0.5, 0.6) is 0 Å². The summed E-state index contributed by atoms with van der Waals surface area (Å²) in [5.41, 5.74) is 0.528. The van der Waals surface area contributed by atoms with Gasteiger partial charge in [-0.2, -0.15) is 0 Å². The van der Waals surface area contributed by atoms with Crippen LogP contribution >= 0.6 is 0 Å². The first kappa shape index (κ1) is 3.08. The zero-order chi connectivity index (χ0) is 4.48. The molecule has 0 aromatic heterocycles. The zero-order valence-electron chi connectivity index (χ0n) is 4.18. The smallest absolute Gasteiger partial charge is 0.0977 e. The molecule has 1 nitrogen and oxygen atoms in total. The Morgan fingerprint density at radius 2 is 2.57 bits per heavy atom. The molecule has 1 saturated heterocycles. The van der Waals surface area contributed by atoms with E-state index in [1.54, 1.807) is 0 Å². The molecule has 0 aromatic carbocycles. The van der Waals surface area contributed by atoms with Gasteiger partial charge in [-0.05, 0) is 25.2 Å². The first-order chi connectivity index (χ1) is 3.42. The predicted molar refractivity (Wildman–Crippen MR) is 24.9 cm³/mol. The SMILES string of the molecule is C1CC23OC2CC13. The molecule has 1 heterocycles. The van der Waals surface area contributed by atoms with Crippen molar-refractivity contribution in [1.82, 2.24) is 0 Å². The molecule has 1 spiro atoms. The van der Waals surface area contributed by atoms with Gasteiger partial charge in [-0.1, -0.05) is 0 Å². The summed E-state index contributed by atoms with van der Waals surface area (Å²) in [4.78, 5) is 0. The molecule has 3 unspecified atom stereocenters. The minimum atomic E-state index is 0.528. The van der Waals surface area contributed by atoms with Gasteiger partial charge in [0, 0.05) is 0 Å². The van der Waals surface area contributed by atoms with Gasteiger partial charge in [0.1, 0.15) is 0 Å². The normalized spacial score (nSPS) is 72.0. The van der Waals surface area contributed by atoms with Crippen molar-refractivity contribution in [2.45, 2.75) is 31.0 Å². The summed E-state index contributed by atoms with van der Waals surface area (Å²) in [7, 11) is 0. The Morgan fingerprint density at radius 3 is 2.57 bits per heavy atom. The number of hydrogen-bond donors (Lipinski definition) is 0. The summed E-state index contributed by atoms with van der Waals surface area (Å²) in [6, 6.07) is 0. The number of hydrogen-bond acceptors (Lipinski definition) is 1. The van der Waals surface area contributed by atoms with Gasteiger partial charge < -0.3 is 4.74 Å². The monoisotopic (exact) mass is 96.1 g/mol. The molecule has 0 N–H and O–H groups in total. The number of rotatable bonds is 0. The molecule has 2 aliphatic carbocycles. The lowest BCUT2D eigenvalue weighted by Gasteiger charge is -2.41. The maximum Gasteiger partial charge on any atom is 0.0977 e. The summed E-state index contributed by atoms with van der Waals surface area (Å²) >= 11 is 0. The summed E-state index contributed by atoms with van der Waals surface area (Å²) in [6.07, 6.45) is 4.96. The van der Waals surface area contributed by atoms with Crippen LogP contribution < -0.4 is 0 Å². The van der Waals surface area contributed by atoms with E-state index in [1.807, 2.05) is 0 Å². The largest absolute Gasteiger partial charge is 0.366 e. The summed E-state index contributed by atoms with van der Waals surface area (Å²) in [5.74, 6) is 1.01. The van der Waals surface area contributed by atoms with Gasteiger partial charge in [-0.15, -0.1) is 0 Å². The first-order valence-electron chi connectivity index (χ1n) is 3.10. The Bertz CT molecular complexity index is 126. The van der Waals surface area contributed by atoms with Crippen LogP contribution in [0.2, 0.25) is 0 Å². The fourth-order valence-electron chi connectivity index (χ4n) is 2.11. The van der Waals surface area contributed by atoms with Crippen molar-refractivity contribution < 1.29 is 4.74 Å². The second-order valence-electron chi connectivity index (χ2n) is 3.03. The molecule has 0 bridgehead atoms. The van der Waals surface area contributed by atoms with Gasteiger partial charge in [0.15, 0.2) is 0 Å². The van der Waals surface area contributed by atoms with E-state index >= 15 is 0 Å². The number of epoxide rings is 1. The Balaban J connectivity index is 2.06. The van der Waals surface area contributed by atoms with Crippen LogP contribution in [-0.4, -0.2) is 11.7 Å². The van der Waals surface area contributed by atoms with E-state index in [9.17, 15) is 0 Å². The fraction of sp³-hybridized carbons (Fsp3) is 1.00. The molecule has 1 heteroatoms. The van der Waals surface area contributed by atoms with Gasteiger partial charge in [-0.3, -0.25) is 0 Å². The topological polar surface area (TPSA) is 12.5 Å². The van der Waals surface area contributed by atoms with Crippen molar-refractivity contribution in [2.24, 2.45) is 5.92 Å². The molecule has 0 amide bonds. The highest BCUT2D eigenvalue weighted by molar-refractivity contribution is 5.23. The van der Waals surface area contributed by atoms with Gasteiger partial charge in [0.2, 0.25) is 0 Å². The van der Waals surface area contributed by atoms with Crippen LogP contribution in [-0.2, 0) is 4.74 Å². The van der Waals surface area contributed by atoms with Gasteiger partial charge in [0.25, 0.3) is 0 Å². The second kappa shape index (κ2) is 0.576. The van der Waals surface area contributed by atoms with Crippen LogP contribution in [0.4, 0.5) is 0 Å². The maximum absolute atomic E-state index is 5.41. The van der Waals surface area contributed by atoms with Crippen molar-refractivity contribution in [3.8, 4) is 0 Å². The lowest BCUT2D eigenvalue weighted by molar-refractivity contribution is 0.0932. The Morgan fingerprint density at radius 1 is 1.57 bits per heavy atom. The molecule has 7 heavy (non-hydrogen) atoms. The van der Waals surface area contributed by atoms with E-state index in [2.05, 4.69) is 0 Å². The molecule has 0 aromatic rings. The quantitative estimate of drug-likeness (QED) is 0.409. The van der Waals surface area contributed by atoms with E-state index in [0.29, 0.717) is 5.60 Å². The van der Waals surface area contributed by atoms with Crippen LogP contribution in [0.1, 0.15) is 19.3 Å². The molecule has 2 saturated carbocycles. The highest BCUT2D eigenvalue weighted by atomic mass is 16.6. The summed E-state index contributed by atoms with van der Waals surface area (Å²) < 4.78 is 5.41. The molecular weight excluding hydrogens is 88.1 g/mol. The molecule has 3 atom stereocenters. The van der Waals surface area contributed by atoms with Crippen LogP contribution in [0.3, 0.4) is 0 Å². The van der Waals surface area contributed by atoms with Crippen molar-refractivity contribution in [3.05, 3.63) is 0 Å². The van der Waals surface area contributed by atoms with Gasteiger partial charge in [-0.25, -0.2) is 0 Å². The Hall–Kier alpha value is -0.0400. The first-order valence-corrected chi connectivity index (χ1v) is 3.10. The Kier molecular flexibility index (Phi) is 0.253. The predicted octanol–water partition coefficient (Wildman–Crippen LogP) is 0.938. The van der Waals surface area contributed by atoms with Crippen molar-refractivity contribution in [3.63, 3.8) is 0 Å². The third kappa shape index (κ3) is 0.150. The molecular formula is C6H8O. The van der Waals surface area contributed by atoms with Crippen LogP contribution in [0, 0.1) is 5.92 Å². The maximum atomic E-state index is 5.41. The van der Waals surface area contributed by atoms with Crippen LogP contribution in [0.25, 0.3) is 0 Å². The summed E-state index contributed by atoms with van der Waals surface area (Å²) in [5, 5.41) is 0. The lowest BCUT2D eigenvalue weighted by Crippen LogP contribution is -2.46.